The number of nitrogens with two attached hydrogens (primary N) is 1. The van der Waals surface area contributed by atoms with Crippen molar-refractivity contribution >= 4 is 11.7 Å². The molecule has 18 heavy (non-hydrogen) atoms. The Morgan fingerprint density at radius 3 is 2.89 bits per heavy atom. The lowest BCUT2D eigenvalue weighted by molar-refractivity contribution is 0.0920. The second-order valence-electron chi connectivity index (χ2n) is 4.94. The maximum absolute atomic E-state index is 11.9. The summed E-state index contributed by atoms with van der Waals surface area (Å²) in [6.07, 6.45) is 3.85. The van der Waals surface area contributed by atoms with E-state index in [0.717, 1.165) is 19.6 Å². The fraction of sp³-hybridized carbons (Fsp3) is 0.667. The van der Waals surface area contributed by atoms with Gasteiger partial charge in [0.1, 0.15) is 11.5 Å². The molecule has 0 bridgehead atoms. The number of anilines is 1. The minimum atomic E-state index is -0.149. The van der Waals surface area contributed by atoms with Gasteiger partial charge in [-0.15, -0.1) is 0 Å². The third-order valence-electron chi connectivity index (χ3n) is 3.20. The highest BCUT2D eigenvalue weighted by Crippen LogP contribution is 2.09. The van der Waals surface area contributed by atoms with E-state index in [4.69, 9.17) is 5.73 Å². The van der Waals surface area contributed by atoms with Crippen molar-refractivity contribution in [2.45, 2.75) is 32.2 Å². The Kier molecular flexibility index (Phi) is 4.19. The van der Waals surface area contributed by atoms with E-state index in [9.17, 15) is 4.79 Å². The van der Waals surface area contributed by atoms with Gasteiger partial charge in [0.25, 0.3) is 5.91 Å². The van der Waals surface area contributed by atoms with E-state index in [-0.39, 0.29) is 11.9 Å². The van der Waals surface area contributed by atoms with Crippen LogP contribution in [0.1, 0.15) is 36.7 Å². The summed E-state index contributed by atoms with van der Waals surface area (Å²) in [5.41, 5.74) is 5.88. The maximum atomic E-state index is 11.9. The fourth-order valence-electron chi connectivity index (χ4n) is 2.33. The molecule has 0 radical (unpaired) electrons. The molecule has 1 fully saturated rings. The van der Waals surface area contributed by atoms with E-state index in [1.807, 2.05) is 6.92 Å². The molecule has 1 aromatic heterocycles. The number of nitrogens with zero attached hydrogens (tertiary/aromatic N) is 2. The molecule has 2 rings (SSSR count). The molecule has 100 valence electrons. The third kappa shape index (κ3) is 3.46. The molecular formula is C12H21N5O. The van der Waals surface area contributed by atoms with Gasteiger partial charge in [-0.1, -0.05) is 6.42 Å². The van der Waals surface area contributed by atoms with Gasteiger partial charge in [0.15, 0.2) is 0 Å². The van der Waals surface area contributed by atoms with E-state index in [2.05, 4.69) is 20.4 Å². The van der Waals surface area contributed by atoms with E-state index in [0.29, 0.717) is 11.5 Å². The number of rotatable bonds is 4. The van der Waals surface area contributed by atoms with Crippen LogP contribution in [0.25, 0.3) is 0 Å². The van der Waals surface area contributed by atoms with Crippen molar-refractivity contribution in [3.05, 3.63) is 11.8 Å². The topological polar surface area (TPSA) is 87.0 Å². The summed E-state index contributed by atoms with van der Waals surface area (Å²) in [5.74, 6) is 0.188. The van der Waals surface area contributed by atoms with E-state index in [1.54, 1.807) is 6.07 Å². The Hall–Kier alpha value is -1.56. The lowest BCUT2D eigenvalue weighted by atomic mass is 10.1. The van der Waals surface area contributed by atoms with Crippen molar-refractivity contribution in [2.75, 3.05) is 25.4 Å². The lowest BCUT2D eigenvalue weighted by Crippen LogP contribution is -2.43. The number of H-pyrrole nitrogens is 1. The maximum Gasteiger partial charge on any atom is 0.269 e. The van der Waals surface area contributed by atoms with Gasteiger partial charge < -0.3 is 16.0 Å². The molecule has 1 saturated heterocycles. The molecule has 1 unspecified atom stereocenters. The zero-order valence-electron chi connectivity index (χ0n) is 10.8. The van der Waals surface area contributed by atoms with Crippen molar-refractivity contribution in [3.63, 3.8) is 0 Å². The second kappa shape index (κ2) is 5.86. The van der Waals surface area contributed by atoms with Gasteiger partial charge in [-0.05, 0) is 32.9 Å². The summed E-state index contributed by atoms with van der Waals surface area (Å²) in [7, 11) is 0. The first-order valence-electron chi connectivity index (χ1n) is 6.49. The Labute approximate surface area is 107 Å². The molecular weight excluding hydrogens is 230 g/mol. The molecule has 0 spiro atoms. The van der Waals surface area contributed by atoms with Crippen molar-refractivity contribution in [1.29, 1.82) is 0 Å². The highest BCUT2D eigenvalue weighted by atomic mass is 16.2. The number of aromatic nitrogens is 2. The SMILES string of the molecule is CC(CN1CCCCC1)NC(=O)c1cc(N)n[nH]1. The molecule has 2 heterocycles. The van der Waals surface area contributed by atoms with Gasteiger partial charge in [0, 0.05) is 18.7 Å². The van der Waals surface area contributed by atoms with Gasteiger partial charge in [-0.2, -0.15) is 5.10 Å². The van der Waals surface area contributed by atoms with Gasteiger partial charge >= 0.3 is 0 Å². The third-order valence-corrected chi connectivity index (χ3v) is 3.20. The molecule has 6 heteroatoms. The quantitative estimate of drug-likeness (QED) is 0.731. The number of hydrogen-bond acceptors (Lipinski definition) is 4. The van der Waals surface area contributed by atoms with E-state index < -0.39 is 0 Å². The number of likely N-dealkylation sites (tertiary alicyclic amines) is 1. The summed E-state index contributed by atoms with van der Waals surface area (Å²) in [5, 5.41) is 9.31. The van der Waals surface area contributed by atoms with Crippen LogP contribution < -0.4 is 11.1 Å². The van der Waals surface area contributed by atoms with Crippen LogP contribution in [0.2, 0.25) is 0 Å². The van der Waals surface area contributed by atoms with Gasteiger partial charge in [0.05, 0.1) is 0 Å². The molecule has 1 amide bonds. The molecule has 0 aliphatic carbocycles. The van der Waals surface area contributed by atoms with Crippen molar-refractivity contribution in [2.24, 2.45) is 0 Å². The highest BCUT2D eigenvalue weighted by Gasteiger charge is 2.16. The number of carbonyl (C=O) groups is 1. The van der Waals surface area contributed by atoms with E-state index >= 15 is 0 Å². The standard InChI is InChI=1S/C12H21N5O/c1-9(8-17-5-3-2-4-6-17)14-12(18)10-7-11(13)16-15-10/h7,9H,2-6,8H2,1H3,(H,14,18)(H3,13,15,16). The number of amides is 1. The number of piperidine rings is 1. The van der Waals surface area contributed by atoms with Crippen molar-refractivity contribution in [3.8, 4) is 0 Å². The Morgan fingerprint density at radius 1 is 1.56 bits per heavy atom. The summed E-state index contributed by atoms with van der Waals surface area (Å²) in [6.45, 7) is 5.19. The zero-order chi connectivity index (χ0) is 13.0. The molecule has 1 aromatic rings. The van der Waals surface area contributed by atoms with Crippen LogP contribution in [-0.2, 0) is 0 Å². The van der Waals surface area contributed by atoms with E-state index in [1.165, 1.54) is 19.3 Å². The first-order chi connectivity index (χ1) is 8.65. The minimum absolute atomic E-state index is 0.125. The van der Waals surface area contributed by atoms with Gasteiger partial charge in [-0.3, -0.25) is 9.89 Å². The molecule has 1 atom stereocenters. The normalized spacial score (nSPS) is 18.5. The number of nitrogens with one attached hydrogen (secondary N) is 2. The van der Waals surface area contributed by atoms with Crippen LogP contribution >= 0.6 is 0 Å². The lowest BCUT2D eigenvalue weighted by Gasteiger charge is -2.29. The van der Waals surface area contributed by atoms with Crippen LogP contribution in [0.4, 0.5) is 5.82 Å². The Morgan fingerprint density at radius 2 is 2.28 bits per heavy atom. The number of nitrogen functional groups attached to an aromatic ring is 1. The number of aromatic amines is 1. The van der Waals surface area contributed by atoms with Crippen molar-refractivity contribution < 1.29 is 4.79 Å². The van der Waals surface area contributed by atoms with Gasteiger partial charge in [0.2, 0.25) is 0 Å². The largest absolute Gasteiger partial charge is 0.382 e. The van der Waals surface area contributed by atoms with Crippen LogP contribution in [0.3, 0.4) is 0 Å². The van der Waals surface area contributed by atoms with Gasteiger partial charge in [-0.25, -0.2) is 0 Å². The predicted molar refractivity (Wildman–Crippen MR) is 70.2 cm³/mol. The number of carbonyl (C=O) groups excluding carboxylic acids is 1. The summed E-state index contributed by atoms with van der Waals surface area (Å²) in [6, 6.07) is 1.67. The highest BCUT2D eigenvalue weighted by molar-refractivity contribution is 5.93. The summed E-state index contributed by atoms with van der Waals surface area (Å²) >= 11 is 0. The summed E-state index contributed by atoms with van der Waals surface area (Å²) < 4.78 is 0. The van der Waals surface area contributed by atoms with Crippen LogP contribution in [0, 0.1) is 0 Å². The molecule has 0 saturated carbocycles. The molecule has 0 aromatic carbocycles. The second-order valence-corrected chi connectivity index (χ2v) is 4.94. The number of hydrogen-bond donors (Lipinski definition) is 3. The van der Waals surface area contributed by atoms with Crippen LogP contribution in [0.5, 0.6) is 0 Å². The average Bonchev–Trinajstić information content (AvgIpc) is 2.77. The average molecular weight is 251 g/mol. The Bertz CT molecular complexity index is 397. The summed E-state index contributed by atoms with van der Waals surface area (Å²) in [4.78, 5) is 14.3. The molecule has 1 aliphatic rings. The zero-order valence-corrected chi connectivity index (χ0v) is 10.8. The first-order valence-corrected chi connectivity index (χ1v) is 6.49. The molecule has 4 N–H and O–H groups in total. The first kappa shape index (κ1) is 12.9. The smallest absolute Gasteiger partial charge is 0.269 e. The van der Waals surface area contributed by atoms with Crippen LogP contribution in [0.15, 0.2) is 6.07 Å². The molecule has 1 aliphatic heterocycles. The Balaban J connectivity index is 1.79. The molecule has 6 nitrogen and oxygen atoms in total. The predicted octanol–water partition coefficient (Wildman–Crippen LogP) is 0.596. The fourth-order valence-corrected chi connectivity index (χ4v) is 2.33. The monoisotopic (exact) mass is 251 g/mol. The van der Waals surface area contributed by atoms with Crippen LogP contribution in [-0.4, -0.2) is 46.7 Å². The van der Waals surface area contributed by atoms with Crippen molar-refractivity contribution in [1.82, 2.24) is 20.4 Å². The minimum Gasteiger partial charge on any atom is -0.382 e.